The Morgan fingerprint density at radius 2 is 1.96 bits per heavy atom. The van der Waals surface area contributed by atoms with Crippen molar-refractivity contribution in [2.75, 3.05) is 0 Å². The molecule has 0 spiro atoms. The van der Waals surface area contributed by atoms with Crippen molar-refractivity contribution < 1.29 is 17.2 Å². The van der Waals surface area contributed by atoms with Crippen LogP contribution in [0.4, 0.5) is 4.39 Å². The van der Waals surface area contributed by atoms with Crippen molar-refractivity contribution in [3.05, 3.63) is 64.4 Å². The first-order valence-electron chi connectivity index (χ1n) is 8.29. The first kappa shape index (κ1) is 17.0. The molecule has 1 N–H and O–H groups in total. The van der Waals surface area contributed by atoms with Crippen LogP contribution in [0.5, 0.6) is 0 Å². The molecule has 8 heteroatoms. The molecule has 136 valence electrons. The molecule has 1 aliphatic carbocycles. The number of rotatable bonds is 5. The molecule has 2 aromatic carbocycles. The predicted molar refractivity (Wildman–Crippen MR) is 93.8 cm³/mol. The number of fused-ring (bicyclic) bond motifs is 1. The number of aromatic nitrogens is 1. The average molecular weight is 376 g/mol. The van der Waals surface area contributed by atoms with Crippen LogP contribution in [0, 0.1) is 5.82 Å². The van der Waals surface area contributed by atoms with Crippen LogP contribution in [-0.2, 0) is 22.1 Å². The number of nitrogens with zero attached hydrogens (tertiary/aromatic N) is 1. The minimum atomic E-state index is -3.91. The fourth-order valence-electron chi connectivity index (χ4n) is 3.23. The summed E-state index contributed by atoms with van der Waals surface area (Å²) in [5.74, 6) is -0.968. The molecule has 1 saturated carbocycles. The lowest BCUT2D eigenvalue weighted by molar-refractivity contribution is 0.511. The maximum atomic E-state index is 14.1. The van der Waals surface area contributed by atoms with Gasteiger partial charge in [0.05, 0.1) is 16.0 Å². The Bertz CT molecular complexity index is 1160. The zero-order chi connectivity index (χ0) is 18.5. The molecule has 6 nitrogen and oxygen atoms in total. The van der Waals surface area contributed by atoms with Crippen molar-refractivity contribution in [2.24, 2.45) is 0 Å². The lowest BCUT2D eigenvalue weighted by atomic mass is 10.1. The Hall–Kier alpha value is -2.45. The summed E-state index contributed by atoms with van der Waals surface area (Å²) >= 11 is 0. The minimum Gasteiger partial charge on any atom is -0.408 e. The topological polar surface area (TPSA) is 81.3 Å². The van der Waals surface area contributed by atoms with Gasteiger partial charge in [0.2, 0.25) is 10.0 Å². The quantitative estimate of drug-likeness (QED) is 0.742. The fraction of sp³-hybridized carbons (Fsp3) is 0.278. The van der Waals surface area contributed by atoms with Gasteiger partial charge in [-0.25, -0.2) is 22.3 Å². The van der Waals surface area contributed by atoms with E-state index in [1.54, 1.807) is 31.2 Å². The third-order valence-electron chi connectivity index (χ3n) is 4.74. The van der Waals surface area contributed by atoms with Gasteiger partial charge in [0.15, 0.2) is 5.58 Å². The van der Waals surface area contributed by atoms with E-state index in [-0.39, 0.29) is 10.5 Å². The number of hydrogen-bond acceptors (Lipinski definition) is 4. The molecule has 0 amide bonds. The molecule has 0 bridgehead atoms. The second-order valence-corrected chi connectivity index (χ2v) is 8.09. The number of sulfonamides is 1. The van der Waals surface area contributed by atoms with Crippen molar-refractivity contribution in [1.82, 2.24) is 9.29 Å². The van der Waals surface area contributed by atoms with Gasteiger partial charge in [0.25, 0.3) is 0 Å². The number of hydrogen-bond donors (Lipinski definition) is 1. The molecule has 26 heavy (non-hydrogen) atoms. The normalized spacial score (nSPS) is 16.1. The highest BCUT2D eigenvalue weighted by molar-refractivity contribution is 7.89. The first-order chi connectivity index (χ1) is 12.4. The number of aryl methyl sites for hydroxylation is 1. The van der Waals surface area contributed by atoms with E-state index in [4.69, 9.17) is 4.42 Å². The lowest BCUT2D eigenvalue weighted by Crippen LogP contribution is -2.35. The minimum absolute atomic E-state index is 0.0235. The molecule has 4 rings (SSSR count). The van der Waals surface area contributed by atoms with Gasteiger partial charge in [-0.1, -0.05) is 18.2 Å². The van der Waals surface area contributed by atoms with E-state index in [1.165, 1.54) is 22.8 Å². The monoisotopic (exact) mass is 376 g/mol. The van der Waals surface area contributed by atoms with Crippen molar-refractivity contribution in [1.29, 1.82) is 0 Å². The van der Waals surface area contributed by atoms with Gasteiger partial charge in [0, 0.05) is 18.2 Å². The van der Waals surface area contributed by atoms with Gasteiger partial charge in [-0.05, 0) is 38.0 Å². The number of halogens is 1. The molecular formula is C18H17FN2O4S. The van der Waals surface area contributed by atoms with E-state index in [2.05, 4.69) is 4.72 Å². The Morgan fingerprint density at radius 3 is 2.62 bits per heavy atom. The predicted octanol–water partition coefficient (Wildman–Crippen LogP) is 2.72. The molecule has 0 aliphatic heterocycles. The Morgan fingerprint density at radius 1 is 1.23 bits per heavy atom. The number of oxazole rings is 1. The van der Waals surface area contributed by atoms with Gasteiger partial charge < -0.3 is 4.42 Å². The van der Waals surface area contributed by atoms with Gasteiger partial charge in [-0.2, -0.15) is 0 Å². The van der Waals surface area contributed by atoms with Crippen molar-refractivity contribution >= 4 is 21.1 Å². The Kier molecular flexibility index (Phi) is 3.78. The third-order valence-corrected chi connectivity index (χ3v) is 6.27. The van der Waals surface area contributed by atoms with Crippen LogP contribution in [0.1, 0.15) is 25.3 Å². The summed E-state index contributed by atoms with van der Waals surface area (Å²) in [6, 6.07) is 10.4. The van der Waals surface area contributed by atoms with E-state index < -0.39 is 27.1 Å². The number of nitrogens with one attached hydrogen (secondary N) is 1. The summed E-state index contributed by atoms with van der Waals surface area (Å²) in [6.07, 6.45) is 1.05. The van der Waals surface area contributed by atoms with Gasteiger partial charge in [-0.3, -0.25) is 4.57 Å². The van der Waals surface area contributed by atoms with E-state index in [0.29, 0.717) is 30.5 Å². The molecule has 1 aliphatic rings. The summed E-state index contributed by atoms with van der Waals surface area (Å²) in [7, 11) is -3.91. The highest BCUT2D eigenvalue weighted by atomic mass is 32.2. The van der Waals surface area contributed by atoms with Crippen molar-refractivity contribution in [2.45, 2.75) is 36.7 Å². The molecular weight excluding hydrogens is 359 g/mol. The van der Waals surface area contributed by atoms with Gasteiger partial charge >= 0.3 is 5.76 Å². The van der Waals surface area contributed by atoms with Crippen LogP contribution in [-0.4, -0.2) is 13.0 Å². The highest BCUT2D eigenvalue weighted by Crippen LogP contribution is 2.47. The molecule has 0 radical (unpaired) electrons. The standard InChI is InChI=1S/C18H17FN2O4S/c1-2-21-15-8-7-12(11-16(15)25-17(21)22)26(23,24)20-18(9-10-18)13-5-3-4-6-14(13)19/h3-8,11,20H,2,9-10H2,1H3. The van der Waals surface area contributed by atoms with Crippen molar-refractivity contribution in [3.63, 3.8) is 0 Å². The molecule has 1 fully saturated rings. The molecule has 1 aromatic heterocycles. The SMILES string of the molecule is CCn1c(=O)oc2cc(S(=O)(=O)NC3(c4ccccc4F)CC3)ccc21. The lowest BCUT2D eigenvalue weighted by Gasteiger charge is -2.18. The molecule has 3 aromatic rings. The summed E-state index contributed by atoms with van der Waals surface area (Å²) in [6.45, 7) is 2.22. The van der Waals surface area contributed by atoms with Crippen LogP contribution in [0.2, 0.25) is 0 Å². The van der Waals surface area contributed by atoms with E-state index in [9.17, 15) is 17.6 Å². The fourth-order valence-corrected chi connectivity index (χ4v) is 4.69. The largest absolute Gasteiger partial charge is 0.419 e. The molecule has 0 atom stereocenters. The van der Waals surface area contributed by atoms with Crippen LogP contribution in [0.25, 0.3) is 11.1 Å². The zero-order valence-electron chi connectivity index (χ0n) is 14.0. The Labute approximate surface area is 149 Å². The summed E-state index contributed by atoms with van der Waals surface area (Å²) in [4.78, 5) is 11.8. The van der Waals surface area contributed by atoms with E-state index >= 15 is 0 Å². The van der Waals surface area contributed by atoms with Gasteiger partial charge in [-0.15, -0.1) is 0 Å². The first-order valence-corrected chi connectivity index (χ1v) is 9.77. The smallest absolute Gasteiger partial charge is 0.408 e. The molecule has 0 unspecified atom stereocenters. The maximum absolute atomic E-state index is 14.1. The summed E-state index contributed by atoms with van der Waals surface area (Å²) < 4.78 is 48.9. The molecule has 1 heterocycles. The average Bonchev–Trinajstić information content (AvgIpc) is 3.28. The third kappa shape index (κ3) is 2.65. The maximum Gasteiger partial charge on any atom is 0.419 e. The number of benzene rings is 2. The van der Waals surface area contributed by atoms with Crippen molar-refractivity contribution in [3.8, 4) is 0 Å². The van der Waals surface area contributed by atoms with E-state index in [0.717, 1.165) is 0 Å². The zero-order valence-corrected chi connectivity index (χ0v) is 14.8. The highest BCUT2D eigenvalue weighted by Gasteiger charge is 2.49. The Balaban J connectivity index is 1.72. The van der Waals surface area contributed by atoms with Crippen LogP contribution >= 0.6 is 0 Å². The molecule has 0 saturated heterocycles. The summed E-state index contributed by atoms with van der Waals surface area (Å²) in [5, 5.41) is 0. The van der Waals surface area contributed by atoms with Crippen LogP contribution in [0.15, 0.2) is 56.6 Å². The van der Waals surface area contributed by atoms with Gasteiger partial charge in [0.1, 0.15) is 5.82 Å². The summed E-state index contributed by atoms with van der Waals surface area (Å²) in [5.41, 5.74) is 0.158. The van der Waals surface area contributed by atoms with Crippen LogP contribution < -0.4 is 10.5 Å². The van der Waals surface area contributed by atoms with E-state index in [1.807, 2.05) is 0 Å². The second kappa shape index (κ2) is 5.78. The van der Waals surface area contributed by atoms with Crippen LogP contribution in [0.3, 0.4) is 0 Å². The second-order valence-electron chi connectivity index (χ2n) is 6.41.